The van der Waals surface area contributed by atoms with E-state index < -0.39 is 6.04 Å². The third-order valence-corrected chi connectivity index (χ3v) is 1.90. The normalized spacial score (nSPS) is 11.8. The molecule has 0 saturated heterocycles. The average Bonchev–Trinajstić information content (AvgIpc) is 2.64. The summed E-state index contributed by atoms with van der Waals surface area (Å²) in [5, 5.41) is 14.9. The van der Waals surface area contributed by atoms with Crippen LogP contribution in [0.25, 0.3) is 0 Å². The molecule has 0 bridgehead atoms. The van der Waals surface area contributed by atoms with Crippen molar-refractivity contribution in [2.45, 2.75) is 32.7 Å². The summed E-state index contributed by atoms with van der Waals surface area (Å²) in [4.78, 5) is 11.5. The van der Waals surface area contributed by atoms with Gasteiger partial charge in [0.05, 0.1) is 6.07 Å². The molecule has 0 aliphatic heterocycles. The molecule has 1 unspecified atom stereocenters. The molecular formula is C10H13N3O2. The van der Waals surface area contributed by atoms with Crippen molar-refractivity contribution >= 4 is 5.91 Å². The fourth-order valence-corrected chi connectivity index (χ4v) is 1.16. The number of carbonyl (C=O) groups is 1. The largest absolute Gasteiger partial charge is 0.361 e. The summed E-state index contributed by atoms with van der Waals surface area (Å²) in [5.41, 5.74) is 0.212. The molecule has 1 aromatic heterocycles. The molecule has 1 aromatic rings. The first-order valence-electron chi connectivity index (χ1n) is 4.81. The number of nitrogens with zero attached hydrogens (tertiary/aromatic N) is 2. The molecule has 0 aliphatic carbocycles. The zero-order chi connectivity index (χ0) is 11.3. The minimum absolute atomic E-state index is 0.212. The van der Waals surface area contributed by atoms with Gasteiger partial charge in [0.15, 0.2) is 5.69 Å². The van der Waals surface area contributed by atoms with Gasteiger partial charge in [-0.25, -0.2) is 0 Å². The number of hydrogen-bond acceptors (Lipinski definition) is 4. The van der Waals surface area contributed by atoms with Crippen LogP contribution in [0.4, 0.5) is 0 Å². The molecule has 0 spiro atoms. The molecule has 5 nitrogen and oxygen atoms in total. The van der Waals surface area contributed by atoms with E-state index >= 15 is 0 Å². The van der Waals surface area contributed by atoms with E-state index in [1.54, 1.807) is 6.92 Å². The van der Waals surface area contributed by atoms with Crippen molar-refractivity contribution in [1.29, 1.82) is 5.26 Å². The van der Waals surface area contributed by atoms with Gasteiger partial charge in [0.2, 0.25) is 0 Å². The lowest BCUT2D eigenvalue weighted by Gasteiger charge is -2.07. The van der Waals surface area contributed by atoms with Crippen molar-refractivity contribution in [3.05, 3.63) is 17.5 Å². The van der Waals surface area contributed by atoms with Crippen molar-refractivity contribution in [2.24, 2.45) is 0 Å². The fraction of sp³-hybridized carbons (Fsp3) is 0.500. The predicted octanol–water partition coefficient (Wildman–Crippen LogP) is 1.41. The molecule has 0 saturated carbocycles. The molecule has 1 N–H and O–H groups in total. The smallest absolute Gasteiger partial charge is 0.274 e. The minimum Gasteiger partial charge on any atom is -0.361 e. The first kappa shape index (κ1) is 11.2. The van der Waals surface area contributed by atoms with Crippen LogP contribution in [0.5, 0.6) is 0 Å². The van der Waals surface area contributed by atoms with Crippen molar-refractivity contribution in [3.8, 4) is 6.07 Å². The first-order chi connectivity index (χ1) is 7.17. The molecule has 80 valence electrons. The van der Waals surface area contributed by atoms with Crippen LogP contribution in [0.15, 0.2) is 10.6 Å². The quantitative estimate of drug-likeness (QED) is 0.809. The highest BCUT2D eigenvalue weighted by Gasteiger charge is 2.15. The molecule has 0 fully saturated rings. The molecule has 5 heteroatoms. The average molecular weight is 207 g/mol. The van der Waals surface area contributed by atoms with Crippen LogP contribution in [-0.2, 0) is 0 Å². The van der Waals surface area contributed by atoms with Crippen LogP contribution >= 0.6 is 0 Å². The second-order valence-corrected chi connectivity index (χ2v) is 3.27. The Morgan fingerprint density at radius 3 is 3.00 bits per heavy atom. The van der Waals surface area contributed by atoms with Gasteiger partial charge in [0.1, 0.15) is 11.8 Å². The highest BCUT2D eigenvalue weighted by Crippen LogP contribution is 2.03. The summed E-state index contributed by atoms with van der Waals surface area (Å²) in [7, 11) is 0. The number of nitrogens with one attached hydrogen (secondary N) is 1. The van der Waals surface area contributed by atoms with E-state index in [1.807, 2.05) is 13.0 Å². The van der Waals surface area contributed by atoms with E-state index in [1.165, 1.54) is 6.07 Å². The van der Waals surface area contributed by atoms with Gasteiger partial charge in [-0.2, -0.15) is 5.26 Å². The van der Waals surface area contributed by atoms with Crippen molar-refractivity contribution in [3.63, 3.8) is 0 Å². The Kier molecular flexibility index (Phi) is 3.86. The van der Waals surface area contributed by atoms with Crippen LogP contribution in [0.2, 0.25) is 0 Å². The van der Waals surface area contributed by atoms with E-state index in [2.05, 4.69) is 10.5 Å². The Morgan fingerprint density at radius 1 is 1.80 bits per heavy atom. The third kappa shape index (κ3) is 3.09. The molecule has 0 aliphatic rings. The SMILES string of the molecule is CCCC(C#N)NC(=O)c1cc(C)on1. The van der Waals surface area contributed by atoms with Gasteiger partial charge in [-0.15, -0.1) is 0 Å². The lowest BCUT2D eigenvalue weighted by Crippen LogP contribution is -2.33. The lowest BCUT2D eigenvalue weighted by atomic mass is 10.2. The Morgan fingerprint density at radius 2 is 2.53 bits per heavy atom. The Labute approximate surface area is 88.1 Å². The molecule has 0 radical (unpaired) electrons. The number of hydrogen-bond donors (Lipinski definition) is 1. The highest BCUT2D eigenvalue weighted by atomic mass is 16.5. The number of rotatable bonds is 4. The zero-order valence-corrected chi connectivity index (χ0v) is 8.78. The molecule has 1 rings (SSSR count). The summed E-state index contributed by atoms with van der Waals surface area (Å²) >= 11 is 0. The van der Waals surface area contributed by atoms with Crippen LogP contribution < -0.4 is 5.32 Å². The second kappa shape index (κ2) is 5.15. The van der Waals surface area contributed by atoms with E-state index in [0.717, 1.165) is 6.42 Å². The minimum atomic E-state index is -0.459. The molecule has 0 aromatic carbocycles. The second-order valence-electron chi connectivity index (χ2n) is 3.27. The number of nitriles is 1. The molecule has 1 atom stereocenters. The standard InChI is InChI=1S/C10H13N3O2/c1-3-4-8(6-11)12-10(14)9-5-7(2)15-13-9/h5,8H,3-4H2,1-2H3,(H,12,14). The summed E-state index contributed by atoms with van der Waals surface area (Å²) in [6.07, 6.45) is 1.48. The number of aromatic nitrogens is 1. The van der Waals surface area contributed by atoms with Gasteiger partial charge in [-0.05, 0) is 13.3 Å². The van der Waals surface area contributed by atoms with E-state index in [-0.39, 0.29) is 11.6 Å². The van der Waals surface area contributed by atoms with E-state index in [9.17, 15) is 4.79 Å². The molecule has 1 amide bonds. The highest BCUT2D eigenvalue weighted by molar-refractivity contribution is 5.92. The van der Waals surface area contributed by atoms with E-state index in [4.69, 9.17) is 9.78 Å². The Bertz CT molecular complexity index is 378. The van der Waals surface area contributed by atoms with Gasteiger partial charge in [0, 0.05) is 6.07 Å². The number of carbonyl (C=O) groups excluding carboxylic acids is 1. The summed E-state index contributed by atoms with van der Waals surface area (Å²) in [5.74, 6) is 0.205. The lowest BCUT2D eigenvalue weighted by molar-refractivity contribution is 0.0934. The maximum Gasteiger partial charge on any atom is 0.274 e. The van der Waals surface area contributed by atoms with E-state index in [0.29, 0.717) is 12.2 Å². The molecule has 1 heterocycles. The summed E-state index contributed by atoms with van der Waals surface area (Å²) in [6, 6.07) is 3.10. The van der Waals surface area contributed by atoms with Crippen LogP contribution in [0, 0.1) is 18.3 Å². The maximum atomic E-state index is 11.5. The predicted molar refractivity (Wildman–Crippen MR) is 53.0 cm³/mol. The van der Waals surface area contributed by atoms with Crippen molar-refractivity contribution in [1.82, 2.24) is 10.5 Å². The topological polar surface area (TPSA) is 78.9 Å². The van der Waals surface area contributed by atoms with Crippen molar-refractivity contribution in [2.75, 3.05) is 0 Å². The Hall–Kier alpha value is -1.83. The van der Waals surface area contributed by atoms with Crippen molar-refractivity contribution < 1.29 is 9.32 Å². The van der Waals surface area contributed by atoms with Crippen LogP contribution in [0.1, 0.15) is 36.0 Å². The first-order valence-corrected chi connectivity index (χ1v) is 4.81. The fourth-order valence-electron chi connectivity index (χ4n) is 1.16. The Balaban J connectivity index is 2.59. The summed E-state index contributed by atoms with van der Waals surface area (Å²) in [6.45, 7) is 3.66. The third-order valence-electron chi connectivity index (χ3n) is 1.90. The maximum absolute atomic E-state index is 11.5. The molecular weight excluding hydrogens is 194 g/mol. The summed E-state index contributed by atoms with van der Waals surface area (Å²) < 4.78 is 4.77. The van der Waals surface area contributed by atoms with Crippen LogP contribution in [0.3, 0.4) is 0 Å². The van der Waals surface area contributed by atoms with Crippen LogP contribution in [-0.4, -0.2) is 17.1 Å². The zero-order valence-electron chi connectivity index (χ0n) is 8.78. The van der Waals surface area contributed by atoms with Gasteiger partial charge in [-0.1, -0.05) is 18.5 Å². The van der Waals surface area contributed by atoms with Gasteiger partial charge in [0.25, 0.3) is 5.91 Å². The molecule has 15 heavy (non-hydrogen) atoms. The van der Waals surface area contributed by atoms with Gasteiger partial charge >= 0.3 is 0 Å². The monoisotopic (exact) mass is 207 g/mol. The van der Waals surface area contributed by atoms with Gasteiger partial charge < -0.3 is 9.84 Å². The number of amides is 1. The van der Waals surface area contributed by atoms with Gasteiger partial charge in [-0.3, -0.25) is 4.79 Å². The number of aryl methyl sites for hydroxylation is 1.